The SMILES string of the molecule is CCOC(=O)c1cnn(C)c1-c1cccc(CN)c1. The van der Waals surface area contributed by atoms with E-state index in [1.165, 1.54) is 6.20 Å². The normalized spacial score (nSPS) is 10.5. The van der Waals surface area contributed by atoms with Gasteiger partial charge in [-0.05, 0) is 18.6 Å². The topological polar surface area (TPSA) is 70.1 Å². The number of hydrogen-bond acceptors (Lipinski definition) is 4. The lowest BCUT2D eigenvalue weighted by Gasteiger charge is -2.07. The molecule has 1 heterocycles. The van der Waals surface area contributed by atoms with Crippen molar-refractivity contribution in [2.24, 2.45) is 12.8 Å². The van der Waals surface area contributed by atoms with E-state index in [1.807, 2.05) is 24.3 Å². The average molecular weight is 259 g/mol. The Morgan fingerprint density at radius 2 is 2.26 bits per heavy atom. The highest BCUT2D eigenvalue weighted by Crippen LogP contribution is 2.24. The zero-order chi connectivity index (χ0) is 13.8. The van der Waals surface area contributed by atoms with Crippen LogP contribution in [0.1, 0.15) is 22.8 Å². The maximum absolute atomic E-state index is 11.9. The van der Waals surface area contributed by atoms with Crippen molar-refractivity contribution in [1.29, 1.82) is 0 Å². The first-order chi connectivity index (χ1) is 9.17. The number of carbonyl (C=O) groups is 1. The zero-order valence-electron chi connectivity index (χ0n) is 11.1. The Morgan fingerprint density at radius 1 is 1.47 bits per heavy atom. The Balaban J connectivity index is 2.48. The molecule has 0 aliphatic carbocycles. The summed E-state index contributed by atoms with van der Waals surface area (Å²) in [5.74, 6) is -0.358. The lowest BCUT2D eigenvalue weighted by Crippen LogP contribution is -2.06. The fourth-order valence-electron chi connectivity index (χ4n) is 1.98. The Bertz CT molecular complexity index is 590. The Kier molecular flexibility index (Phi) is 3.97. The van der Waals surface area contributed by atoms with Gasteiger partial charge >= 0.3 is 5.97 Å². The molecule has 2 N–H and O–H groups in total. The van der Waals surface area contributed by atoms with E-state index in [2.05, 4.69) is 5.10 Å². The van der Waals surface area contributed by atoms with Crippen LogP contribution >= 0.6 is 0 Å². The van der Waals surface area contributed by atoms with Crippen LogP contribution in [0.3, 0.4) is 0 Å². The van der Waals surface area contributed by atoms with Crippen LogP contribution in [0.4, 0.5) is 0 Å². The summed E-state index contributed by atoms with van der Waals surface area (Å²) in [5, 5.41) is 4.14. The summed E-state index contributed by atoms with van der Waals surface area (Å²) in [6.07, 6.45) is 1.53. The summed E-state index contributed by atoms with van der Waals surface area (Å²) in [7, 11) is 1.80. The molecule has 2 rings (SSSR count). The van der Waals surface area contributed by atoms with E-state index in [0.29, 0.717) is 18.7 Å². The second-order valence-electron chi connectivity index (χ2n) is 4.16. The molecule has 0 saturated carbocycles. The molecule has 0 bridgehead atoms. The van der Waals surface area contributed by atoms with E-state index in [1.54, 1.807) is 18.7 Å². The summed E-state index contributed by atoms with van der Waals surface area (Å²) in [5.41, 5.74) is 8.77. The van der Waals surface area contributed by atoms with Gasteiger partial charge < -0.3 is 10.5 Å². The molecule has 0 fully saturated rings. The number of nitrogens with zero attached hydrogens (tertiary/aromatic N) is 2. The van der Waals surface area contributed by atoms with Crippen molar-refractivity contribution >= 4 is 5.97 Å². The van der Waals surface area contributed by atoms with Crippen molar-refractivity contribution in [3.8, 4) is 11.3 Å². The Morgan fingerprint density at radius 3 is 2.95 bits per heavy atom. The molecule has 5 nitrogen and oxygen atoms in total. The quantitative estimate of drug-likeness (QED) is 0.849. The fourth-order valence-corrected chi connectivity index (χ4v) is 1.98. The highest BCUT2D eigenvalue weighted by atomic mass is 16.5. The number of carbonyl (C=O) groups excluding carboxylic acids is 1. The van der Waals surface area contributed by atoms with Crippen molar-refractivity contribution in [3.63, 3.8) is 0 Å². The van der Waals surface area contributed by atoms with E-state index in [0.717, 1.165) is 16.8 Å². The largest absolute Gasteiger partial charge is 0.462 e. The smallest absolute Gasteiger partial charge is 0.341 e. The van der Waals surface area contributed by atoms with Crippen LogP contribution in [0.25, 0.3) is 11.3 Å². The van der Waals surface area contributed by atoms with Gasteiger partial charge in [-0.1, -0.05) is 18.2 Å². The third kappa shape index (κ3) is 2.66. The molecule has 0 amide bonds. The summed E-state index contributed by atoms with van der Waals surface area (Å²) in [6, 6.07) is 7.75. The van der Waals surface area contributed by atoms with E-state index < -0.39 is 0 Å². The van der Waals surface area contributed by atoms with Gasteiger partial charge in [0, 0.05) is 19.2 Å². The van der Waals surface area contributed by atoms with Crippen LogP contribution in [-0.2, 0) is 18.3 Å². The number of aromatic nitrogens is 2. The van der Waals surface area contributed by atoms with Gasteiger partial charge in [0.05, 0.1) is 18.5 Å². The van der Waals surface area contributed by atoms with Gasteiger partial charge in [-0.2, -0.15) is 5.10 Å². The van der Waals surface area contributed by atoms with E-state index in [4.69, 9.17) is 10.5 Å². The Hall–Kier alpha value is -2.14. The van der Waals surface area contributed by atoms with Crippen molar-refractivity contribution in [1.82, 2.24) is 9.78 Å². The average Bonchev–Trinajstić information content (AvgIpc) is 2.81. The van der Waals surface area contributed by atoms with E-state index in [9.17, 15) is 4.79 Å². The molecule has 100 valence electrons. The molecular weight excluding hydrogens is 242 g/mol. The maximum atomic E-state index is 11.9. The van der Waals surface area contributed by atoms with Crippen LogP contribution in [0, 0.1) is 0 Å². The van der Waals surface area contributed by atoms with Gasteiger partial charge in [0.25, 0.3) is 0 Å². The fraction of sp³-hybridized carbons (Fsp3) is 0.286. The number of hydrogen-bond donors (Lipinski definition) is 1. The number of ether oxygens (including phenoxy) is 1. The van der Waals surface area contributed by atoms with Crippen molar-refractivity contribution < 1.29 is 9.53 Å². The molecule has 0 atom stereocenters. The molecule has 0 aliphatic rings. The van der Waals surface area contributed by atoms with Gasteiger partial charge in [0.2, 0.25) is 0 Å². The second-order valence-corrected chi connectivity index (χ2v) is 4.16. The van der Waals surface area contributed by atoms with Gasteiger partial charge in [-0.25, -0.2) is 4.79 Å². The minimum absolute atomic E-state index is 0.343. The molecule has 1 aromatic carbocycles. The minimum atomic E-state index is -0.358. The van der Waals surface area contributed by atoms with Gasteiger partial charge in [-0.15, -0.1) is 0 Å². The molecule has 0 aliphatic heterocycles. The molecule has 5 heteroatoms. The van der Waals surface area contributed by atoms with Crippen LogP contribution in [0.15, 0.2) is 30.5 Å². The summed E-state index contributed by atoms with van der Waals surface area (Å²) >= 11 is 0. The van der Waals surface area contributed by atoms with Gasteiger partial charge in [0.1, 0.15) is 5.56 Å². The summed E-state index contributed by atoms with van der Waals surface area (Å²) in [6.45, 7) is 2.58. The molecule has 2 aromatic rings. The number of aryl methyl sites for hydroxylation is 1. The number of rotatable bonds is 4. The summed E-state index contributed by atoms with van der Waals surface area (Å²) < 4.78 is 6.71. The van der Waals surface area contributed by atoms with E-state index >= 15 is 0 Å². The standard InChI is InChI=1S/C14H17N3O2/c1-3-19-14(18)12-9-16-17(2)13(12)11-6-4-5-10(7-11)8-15/h4-7,9H,3,8,15H2,1-2H3. The molecule has 0 saturated heterocycles. The first-order valence-corrected chi connectivity index (χ1v) is 6.15. The van der Waals surface area contributed by atoms with Crippen LogP contribution in [0.2, 0.25) is 0 Å². The monoisotopic (exact) mass is 259 g/mol. The maximum Gasteiger partial charge on any atom is 0.341 e. The van der Waals surface area contributed by atoms with Crippen LogP contribution in [0.5, 0.6) is 0 Å². The number of benzene rings is 1. The second kappa shape index (κ2) is 5.67. The predicted molar refractivity (Wildman–Crippen MR) is 72.5 cm³/mol. The van der Waals surface area contributed by atoms with Crippen molar-refractivity contribution in [3.05, 3.63) is 41.6 Å². The predicted octanol–water partition coefficient (Wildman–Crippen LogP) is 1.72. The van der Waals surface area contributed by atoms with Gasteiger partial charge in [0.15, 0.2) is 0 Å². The molecular formula is C14H17N3O2. The third-order valence-corrected chi connectivity index (χ3v) is 2.87. The Labute approximate surface area is 112 Å². The van der Waals surface area contributed by atoms with Crippen molar-refractivity contribution in [2.45, 2.75) is 13.5 Å². The number of nitrogens with two attached hydrogens (primary N) is 1. The first-order valence-electron chi connectivity index (χ1n) is 6.15. The molecule has 0 radical (unpaired) electrons. The minimum Gasteiger partial charge on any atom is -0.462 e. The zero-order valence-corrected chi connectivity index (χ0v) is 11.1. The summed E-state index contributed by atoms with van der Waals surface area (Å²) in [4.78, 5) is 11.9. The number of esters is 1. The molecule has 0 unspecified atom stereocenters. The lowest BCUT2D eigenvalue weighted by atomic mass is 10.0. The lowest BCUT2D eigenvalue weighted by molar-refractivity contribution is 0.0527. The van der Waals surface area contributed by atoms with Crippen LogP contribution in [-0.4, -0.2) is 22.4 Å². The third-order valence-electron chi connectivity index (χ3n) is 2.87. The molecule has 1 aromatic heterocycles. The molecule has 19 heavy (non-hydrogen) atoms. The first kappa shape index (κ1) is 13.3. The van der Waals surface area contributed by atoms with Gasteiger partial charge in [-0.3, -0.25) is 4.68 Å². The molecule has 0 spiro atoms. The van der Waals surface area contributed by atoms with E-state index in [-0.39, 0.29) is 5.97 Å². The van der Waals surface area contributed by atoms with Crippen LogP contribution < -0.4 is 5.73 Å². The van der Waals surface area contributed by atoms with Crippen molar-refractivity contribution in [2.75, 3.05) is 6.61 Å². The highest BCUT2D eigenvalue weighted by molar-refractivity contribution is 5.96. The highest BCUT2D eigenvalue weighted by Gasteiger charge is 2.18.